The minimum atomic E-state index is -3.83. The van der Waals surface area contributed by atoms with Gasteiger partial charge in [0.2, 0.25) is 0 Å². The average Bonchev–Trinajstić information content (AvgIpc) is 2.36. The van der Waals surface area contributed by atoms with E-state index in [0.717, 1.165) is 4.31 Å². The van der Waals surface area contributed by atoms with Crippen LogP contribution in [0, 0.1) is 19.7 Å². The molecule has 1 aromatic carbocycles. The molecule has 0 aliphatic carbocycles. The first kappa shape index (κ1) is 15.2. The summed E-state index contributed by atoms with van der Waals surface area (Å²) in [6.07, 6.45) is 2.84. The summed E-state index contributed by atoms with van der Waals surface area (Å²) >= 11 is 0. The van der Waals surface area contributed by atoms with Crippen LogP contribution in [0.5, 0.6) is 0 Å². The highest BCUT2D eigenvalue weighted by atomic mass is 32.2. The van der Waals surface area contributed by atoms with E-state index in [-0.39, 0.29) is 10.6 Å². The highest BCUT2D eigenvalue weighted by Crippen LogP contribution is 2.30. The van der Waals surface area contributed by atoms with Gasteiger partial charge < -0.3 is 5.73 Å². The predicted molar refractivity (Wildman–Crippen MR) is 80.1 cm³/mol. The summed E-state index contributed by atoms with van der Waals surface area (Å²) in [7, 11) is -2.43. The maximum atomic E-state index is 13.3. The van der Waals surface area contributed by atoms with Crippen molar-refractivity contribution in [2.75, 3.05) is 17.1 Å². The third kappa shape index (κ3) is 2.69. The molecule has 21 heavy (non-hydrogen) atoms. The first-order valence-electron chi connectivity index (χ1n) is 6.20. The van der Waals surface area contributed by atoms with Crippen LogP contribution in [0.25, 0.3) is 0 Å². The van der Waals surface area contributed by atoms with Gasteiger partial charge in [-0.15, -0.1) is 0 Å². The molecule has 1 aromatic heterocycles. The van der Waals surface area contributed by atoms with Crippen molar-refractivity contribution in [3.8, 4) is 0 Å². The maximum absolute atomic E-state index is 13.3. The number of pyridine rings is 1. The number of nitrogen functional groups attached to an aromatic ring is 1. The molecule has 0 unspecified atom stereocenters. The van der Waals surface area contributed by atoms with E-state index in [9.17, 15) is 12.8 Å². The molecule has 0 atom stereocenters. The third-order valence-corrected chi connectivity index (χ3v) is 5.29. The third-order valence-electron chi connectivity index (χ3n) is 3.21. The molecule has 0 amide bonds. The Kier molecular flexibility index (Phi) is 3.87. The van der Waals surface area contributed by atoms with Crippen molar-refractivity contribution in [1.82, 2.24) is 4.98 Å². The molecule has 0 radical (unpaired) electrons. The molecule has 112 valence electrons. The minimum Gasteiger partial charge on any atom is -0.396 e. The van der Waals surface area contributed by atoms with Gasteiger partial charge in [-0.3, -0.25) is 9.29 Å². The van der Waals surface area contributed by atoms with Crippen LogP contribution in [0.2, 0.25) is 0 Å². The van der Waals surface area contributed by atoms with Crippen LogP contribution in [-0.4, -0.2) is 20.4 Å². The highest BCUT2D eigenvalue weighted by Gasteiger charge is 2.26. The fourth-order valence-electron chi connectivity index (χ4n) is 2.26. The molecule has 2 N–H and O–H groups in total. The summed E-state index contributed by atoms with van der Waals surface area (Å²) < 4.78 is 40.0. The number of aromatic nitrogens is 1. The Morgan fingerprint density at radius 3 is 2.33 bits per heavy atom. The van der Waals surface area contributed by atoms with E-state index in [1.807, 2.05) is 0 Å². The van der Waals surface area contributed by atoms with E-state index >= 15 is 0 Å². The van der Waals surface area contributed by atoms with Gasteiger partial charge in [0.25, 0.3) is 10.0 Å². The van der Waals surface area contributed by atoms with Crippen LogP contribution >= 0.6 is 0 Å². The number of rotatable bonds is 3. The largest absolute Gasteiger partial charge is 0.396 e. The molecule has 0 aliphatic rings. The Balaban J connectivity index is 2.61. The highest BCUT2D eigenvalue weighted by molar-refractivity contribution is 7.93. The van der Waals surface area contributed by atoms with E-state index in [1.54, 1.807) is 13.8 Å². The molecule has 1 heterocycles. The van der Waals surface area contributed by atoms with E-state index < -0.39 is 15.8 Å². The molecule has 0 saturated heterocycles. The van der Waals surface area contributed by atoms with Crippen molar-refractivity contribution < 1.29 is 12.8 Å². The maximum Gasteiger partial charge on any atom is 0.264 e. The number of hydrogen-bond acceptors (Lipinski definition) is 4. The molecule has 2 aromatic rings. The Morgan fingerprint density at radius 2 is 1.81 bits per heavy atom. The molecule has 0 saturated carbocycles. The molecule has 2 rings (SSSR count). The number of nitrogens with zero attached hydrogens (tertiary/aromatic N) is 2. The van der Waals surface area contributed by atoms with Crippen LogP contribution in [0.1, 0.15) is 11.1 Å². The van der Waals surface area contributed by atoms with Crippen molar-refractivity contribution in [3.05, 3.63) is 47.5 Å². The SMILES string of the molecule is Cc1cc(F)cc(C)c1S(=O)(=O)N(C)c1ccncc1N. The number of halogens is 1. The summed E-state index contributed by atoms with van der Waals surface area (Å²) in [6, 6.07) is 3.91. The normalized spacial score (nSPS) is 11.4. The van der Waals surface area contributed by atoms with Gasteiger partial charge in [-0.25, -0.2) is 12.8 Å². The summed E-state index contributed by atoms with van der Waals surface area (Å²) in [6.45, 7) is 3.12. The number of nitrogens with two attached hydrogens (primary N) is 1. The van der Waals surface area contributed by atoms with Gasteiger partial charge in [0.15, 0.2) is 0 Å². The molecule has 0 aliphatic heterocycles. The lowest BCUT2D eigenvalue weighted by atomic mass is 10.1. The van der Waals surface area contributed by atoms with Crippen molar-refractivity contribution in [2.45, 2.75) is 18.7 Å². The summed E-state index contributed by atoms with van der Waals surface area (Å²) in [5.74, 6) is -0.463. The molecule has 0 spiro atoms. The second-order valence-electron chi connectivity index (χ2n) is 4.78. The average molecular weight is 309 g/mol. The Hall–Kier alpha value is -2.15. The number of hydrogen-bond donors (Lipinski definition) is 1. The van der Waals surface area contributed by atoms with Gasteiger partial charge in [-0.2, -0.15) is 0 Å². The first-order valence-corrected chi connectivity index (χ1v) is 7.64. The summed E-state index contributed by atoms with van der Waals surface area (Å²) in [5.41, 5.74) is 7.05. The van der Waals surface area contributed by atoms with Gasteiger partial charge in [-0.05, 0) is 43.2 Å². The van der Waals surface area contributed by atoms with E-state index in [4.69, 9.17) is 5.73 Å². The van der Waals surface area contributed by atoms with Crippen LogP contribution < -0.4 is 10.0 Å². The summed E-state index contributed by atoms with van der Waals surface area (Å²) in [4.78, 5) is 3.92. The summed E-state index contributed by atoms with van der Waals surface area (Å²) in [5, 5.41) is 0. The first-order chi connectivity index (χ1) is 9.75. The minimum absolute atomic E-state index is 0.0858. The lowest BCUT2D eigenvalue weighted by molar-refractivity contribution is 0.591. The lowest BCUT2D eigenvalue weighted by Crippen LogP contribution is -2.28. The van der Waals surface area contributed by atoms with Crippen LogP contribution in [0.4, 0.5) is 15.8 Å². The second-order valence-corrected chi connectivity index (χ2v) is 6.68. The topological polar surface area (TPSA) is 76.3 Å². The van der Waals surface area contributed by atoms with E-state index in [1.165, 1.54) is 37.6 Å². The lowest BCUT2D eigenvalue weighted by Gasteiger charge is -2.23. The van der Waals surface area contributed by atoms with Gasteiger partial charge in [0.05, 0.1) is 22.5 Å². The zero-order valence-corrected chi connectivity index (χ0v) is 12.8. The Bertz CT molecular complexity index is 768. The number of anilines is 2. The standard InChI is InChI=1S/C14H16FN3O2S/c1-9-6-11(15)7-10(2)14(9)21(19,20)18(3)13-4-5-17-8-12(13)16/h4-8H,16H2,1-3H3. The number of sulfonamides is 1. The molecule has 7 heteroatoms. The Morgan fingerprint density at radius 1 is 1.24 bits per heavy atom. The van der Waals surface area contributed by atoms with Gasteiger partial charge in [-0.1, -0.05) is 0 Å². The fourth-order valence-corrected chi connectivity index (χ4v) is 3.89. The monoisotopic (exact) mass is 309 g/mol. The molecular formula is C14H16FN3O2S. The Labute approximate surface area is 123 Å². The van der Waals surface area contributed by atoms with E-state index in [0.29, 0.717) is 16.8 Å². The fraction of sp³-hybridized carbons (Fsp3) is 0.214. The van der Waals surface area contributed by atoms with Gasteiger partial charge >= 0.3 is 0 Å². The van der Waals surface area contributed by atoms with Crippen molar-refractivity contribution >= 4 is 21.4 Å². The predicted octanol–water partition coefficient (Wildman–Crippen LogP) is 2.24. The zero-order chi connectivity index (χ0) is 15.8. The molecule has 0 bridgehead atoms. The number of aryl methyl sites for hydroxylation is 2. The molecule has 5 nitrogen and oxygen atoms in total. The van der Waals surface area contributed by atoms with Crippen LogP contribution in [0.3, 0.4) is 0 Å². The van der Waals surface area contributed by atoms with Crippen LogP contribution in [-0.2, 0) is 10.0 Å². The second kappa shape index (κ2) is 5.33. The van der Waals surface area contributed by atoms with E-state index in [2.05, 4.69) is 4.98 Å². The molecular weight excluding hydrogens is 293 g/mol. The van der Waals surface area contributed by atoms with Gasteiger partial charge in [0, 0.05) is 13.2 Å². The van der Waals surface area contributed by atoms with Crippen molar-refractivity contribution in [3.63, 3.8) is 0 Å². The van der Waals surface area contributed by atoms with Crippen molar-refractivity contribution in [2.24, 2.45) is 0 Å². The van der Waals surface area contributed by atoms with Crippen molar-refractivity contribution in [1.29, 1.82) is 0 Å². The molecule has 0 fully saturated rings. The quantitative estimate of drug-likeness (QED) is 0.943. The smallest absolute Gasteiger partial charge is 0.264 e. The number of benzene rings is 1. The zero-order valence-electron chi connectivity index (χ0n) is 12.0. The van der Waals surface area contributed by atoms with Crippen LogP contribution in [0.15, 0.2) is 35.5 Å². The van der Waals surface area contributed by atoms with Gasteiger partial charge in [0.1, 0.15) is 5.82 Å².